The zero-order chi connectivity index (χ0) is 13.5. The zero-order valence-electron chi connectivity index (χ0n) is 11.0. The summed E-state index contributed by atoms with van der Waals surface area (Å²) >= 11 is 0. The number of aromatic nitrogens is 2. The molecule has 0 atom stereocenters. The lowest BCUT2D eigenvalue weighted by Gasteiger charge is -2.05. The SMILES string of the molecule is CCCCC(=O)Nc1n[nH]c(C)c1C(=O)OCC. The number of nitrogens with one attached hydrogen (secondary N) is 2. The number of unbranched alkanes of at least 4 members (excludes halogenated alkanes) is 1. The first kappa shape index (κ1) is 14.2. The van der Waals surface area contributed by atoms with Crippen LogP contribution in [0.2, 0.25) is 0 Å². The number of carbonyl (C=O) groups is 2. The molecule has 0 aliphatic carbocycles. The van der Waals surface area contributed by atoms with Crippen LogP contribution in [0.3, 0.4) is 0 Å². The van der Waals surface area contributed by atoms with E-state index in [4.69, 9.17) is 4.74 Å². The standard InChI is InChI=1S/C12H19N3O3/c1-4-6-7-9(16)13-11-10(8(3)14-15-11)12(17)18-5-2/h4-7H2,1-3H3,(H2,13,14,15,16). The van der Waals surface area contributed by atoms with Gasteiger partial charge < -0.3 is 10.1 Å². The molecule has 6 nitrogen and oxygen atoms in total. The number of aromatic amines is 1. The van der Waals surface area contributed by atoms with E-state index in [1.165, 1.54) is 0 Å². The quantitative estimate of drug-likeness (QED) is 0.760. The molecule has 1 heterocycles. The highest BCUT2D eigenvalue weighted by molar-refractivity contribution is 6.00. The molecule has 2 N–H and O–H groups in total. The lowest BCUT2D eigenvalue weighted by Crippen LogP contribution is -2.15. The van der Waals surface area contributed by atoms with Crippen LogP contribution < -0.4 is 5.32 Å². The number of nitrogens with zero attached hydrogens (tertiary/aromatic N) is 1. The van der Waals surface area contributed by atoms with E-state index < -0.39 is 5.97 Å². The van der Waals surface area contributed by atoms with Crippen LogP contribution >= 0.6 is 0 Å². The largest absolute Gasteiger partial charge is 0.462 e. The van der Waals surface area contributed by atoms with Crippen LogP contribution in [0.25, 0.3) is 0 Å². The Morgan fingerprint density at radius 1 is 1.39 bits per heavy atom. The van der Waals surface area contributed by atoms with E-state index in [1.807, 2.05) is 6.92 Å². The van der Waals surface area contributed by atoms with Crippen molar-refractivity contribution in [3.05, 3.63) is 11.3 Å². The fraction of sp³-hybridized carbons (Fsp3) is 0.583. The number of carbonyl (C=O) groups excluding carboxylic acids is 2. The normalized spacial score (nSPS) is 10.2. The van der Waals surface area contributed by atoms with Crippen LogP contribution in [0, 0.1) is 6.92 Å². The van der Waals surface area contributed by atoms with E-state index in [0.717, 1.165) is 12.8 Å². The van der Waals surface area contributed by atoms with Crippen LogP contribution in [0.4, 0.5) is 5.82 Å². The van der Waals surface area contributed by atoms with Crippen molar-refractivity contribution in [2.24, 2.45) is 0 Å². The molecule has 0 saturated heterocycles. The molecule has 1 rings (SSSR count). The highest BCUT2D eigenvalue weighted by Crippen LogP contribution is 2.17. The van der Waals surface area contributed by atoms with Gasteiger partial charge in [0.2, 0.25) is 5.91 Å². The van der Waals surface area contributed by atoms with Crippen molar-refractivity contribution >= 4 is 17.7 Å². The smallest absolute Gasteiger partial charge is 0.343 e. The maximum atomic E-state index is 11.7. The highest BCUT2D eigenvalue weighted by Gasteiger charge is 2.20. The molecule has 18 heavy (non-hydrogen) atoms. The van der Waals surface area contributed by atoms with Gasteiger partial charge in [-0.2, -0.15) is 5.10 Å². The van der Waals surface area contributed by atoms with Crippen LogP contribution in [-0.4, -0.2) is 28.7 Å². The van der Waals surface area contributed by atoms with Gasteiger partial charge in [-0.05, 0) is 20.3 Å². The van der Waals surface area contributed by atoms with Gasteiger partial charge >= 0.3 is 5.97 Å². The molecular formula is C12H19N3O3. The zero-order valence-corrected chi connectivity index (χ0v) is 11.0. The predicted molar refractivity (Wildman–Crippen MR) is 67.4 cm³/mol. The summed E-state index contributed by atoms with van der Waals surface area (Å²) < 4.78 is 4.92. The van der Waals surface area contributed by atoms with E-state index in [2.05, 4.69) is 15.5 Å². The fourth-order valence-electron chi connectivity index (χ4n) is 1.50. The lowest BCUT2D eigenvalue weighted by molar-refractivity contribution is -0.116. The molecule has 0 saturated carbocycles. The molecule has 100 valence electrons. The van der Waals surface area contributed by atoms with Gasteiger partial charge in [-0.1, -0.05) is 13.3 Å². The van der Waals surface area contributed by atoms with E-state index >= 15 is 0 Å². The van der Waals surface area contributed by atoms with Gasteiger partial charge in [0, 0.05) is 12.1 Å². The summed E-state index contributed by atoms with van der Waals surface area (Å²) in [6.07, 6.45) is 2.17. The third-order valence-corrected chi connectivity index (χ3v) is 2.44. The third kappa shape index (κ3) is 3.58. The molecule has 1 aromatic heterocycles. The van der Waals surface area contributed by atoms with Crippen LogP contribution in [0.5, 0.6) is 0 Å². The second kappa shape index (κ2) is 6.78. The Labute approximate surface area is 106 Å². The predicted octanol–water partition coefficient (Wildman–Crippen LogP) is 2.02. The Kier molecular flexibility index (Phi) is 5.35. The Balaban J connectivity index is 2.77. The van der Waals surface area contributed by atoms with Crippen LogP contribution in [0.15, 0.2) is 0 Å². The molecule has 0 aromatic carbocycles. The molecule has 6 heteroatoms. The van der Waals surface area contributed by atoms with Gasteiger partial charge in [0.25, 0.3) is 0 Å². The van der Waals surface area contributed by atoms with Crippen molar-refractivity contribution in [3.63, 3.8) is 0 Å². The first-order chi connectivity index (χ1) is 8.60. The van der Waals surface area contributed by atoms with Gasteiger partial charge in [-0.25, -0.2) is 4.79 Å². The summed E-state index contributed by atoms with van der Waals surface area (Å²) in [6, 6.07) is 0. The van der Waals surface area contributed by atoms with Gasteiger partial charge in [0.05, 0.1) is 6.61 Å². The number of ether oxygens (including phenoxy) is 1. The summed E-state index contributed by atoms with van der Waals surface area (Å²) in [5.74, 6) is -0.379. The van der Waals surface area contributed by atoms with Gasteiger partial charge in [0.15, 0.2) is 5.82 Å². The third-order valence-electron chi connectivity index (χ3n) is 2.44. The summed E-state index contributed by atoms with van der Waals surface area (Å²) in [7, 11) is 0. The number of anilines is 1. The molecule has 1 amide bonds. The van der Waals surface area contributed by atoms with Crippen molar-refractivity contribution in [2.45, 2.75) is 40.0 Å². The molecule has 0 aliphatic heterocycles. The molecule has 0 unspecified atom stereocenters. The molecule has 0 radical (unpaired) electrons. The summed E-state index contributed by atoms with van der Waals surface area (Å²) in [6.45, 7) is 5.73. The Morgan fingerprint density at radius 2 is 2.11 bits per heavy atom. The summed E-state index contributed by atoms with van der Waals surface area (Å²) in [5, 5.41) is 9.21. The van der Waals surface area contributed by atoms with Crippen molar-refractivity contribution < 1.29 is 14.3 Å². The second-order valence-corrected chi connectivity index (χ2v) is 3.94. The number of hydrogen-bond acceptors (Lipinski definition) is 4. The number of H-pyrrole nitrogens is 1. The monoisotopic (exact) mass is 253 g/mol. The average Bonchev–Trinajstić information content (AvgIpc) is 2.68. The molecular weight excluding hydrogens is 234 g/mol. The van der Waals surface area contributed by atoms with Gasteiger partial charge in [-0.3, -0.25) is 9.89 Å². The van der Waals surface area contributed by atoms with Crippen molar-refractivity contribution in [2.75, 3.05) is 11.9 Å². The van der Waals surface area contributed by atoms with Crippen molar-refractivity contribution in [1.82, 2.24) is 10.2 Å². The Hall–Kier alpha value is -1.85. The number of hydrogen-bond donors (Lipinski definition) is 2. The first-order valence-electron chi connectivity index (χ1n) is 6.12. The first-order valence-corrected chi connectivity index (χ1v) is 6.12. The molecule has 0 bridgehead atoms. The van der Waals surface area contributed by atoms with Crippen LogP contribution in [0.1, 0.15) is 49.2 Å². The van der Waals surface area contributed by atoms with E-state index in [0.29, 0.717) is 17.7 Å². The minimum atomic E-state index is -0.477. The number of aryl methyl sites for hydroxylation is 1. The van der Waals surface area contributed by atoms with E-state index in [1.54, 1.807) is 13.8 Å². The summed E-state index contributed by atoms with van der Waals surface area (Å²) in [4.78, 5) is 23.3. The Bertz CT molecular complexity index is 426. The van der Waals surface area contributed by atoms with Gasteiger partial charge in [-0.15, -0.1) is 0 Å². The van der Waals surface area contributed by atoms with Crippen molar-refractivity contribution in [1.29, 1.82) is 0 Å². The van der Waals surface area contributed by atoms with Gasteiger partial charge in [0.1, 0.15) is 5.56 Å². The molecule has 0 fully saturated rings. The number of esters is 1. The second-order valence-electron chi connectivity index (χ2n) is 3.94. The maximum Gasteiger partial charge on any atom is 0.343 e. The van der Waals surface area contributed by atoms with Crippen molar-refractivity contribution in [3.8, 4) is 0 Å². The maximum absolute atomic E-state index is 11.7. The van der Waals surface area contributed by atoms with E-state index in [9.17, 15) is 9.59 Å². The molecule has 1 aromatic rings. The minimum Gasteiger partial charge on any atom is -0.462 e. The minimum absolute atomic E-state index is 0.145. The molecule has 0 spiro atoms. The topological polar surface area (TPSA) is 84.1 Å². The molecule has 0 aliphatic rings. The highest BCUT2D eigenvalue weighted by atomic mass is 16.5. The van der Waals surface area contributed by atoms with Crippen LogP contribution in [-0.2, 0) is 9.53 Å². The number of amides is 1. The fourth-order valence-corrected chi connectivity index (χ4v) is 1.50. The Morgan fingerprint density at radius 3 is 2.72 bits per heavy atom. The lowest BCUT2D eigenvalue weighted by atomic mass is 10.2. The average molecular weight is 253 g/mol. The summed E-state index contributed by atoms with van der Waals surface area (Å²) in [5.41, 5.74) is 0.876. The number of rotatable bonds is 6. The van der Waals surface area contributed by atoms with E-state index in [-0.39, 0.29) is 18.3 Å².